The lowest BCUT2D eigenvalue weighted by atomic mass is 10.0. The van der Waals surface area contributed by atoms with Gasteiger partial charge in [-0.1, -0.05) is 23.8 Å². The van der Waals surface area contributed by atoms with E-state index in [0.717, 1.165) is 16.3 Å². The molecule has 0 saturated heterocycles. The molecule has 0 aliphatic rings. The second kappa shape index (κ2) is 5.02. The number of hydrogen-bond donors (Lipinski definition) is 0. The monoisotopic (exact) mass is 306 g/mol. The number of ether oxygens (including phenoxy) is 1. The lowest BCUT2D eigenvalue weighted by Gasteiger charge is -2.06. The number of benzene rings is 2. The minimum absolute atomic E-state index is 0.418. The first-order valence-corrected chi connectivity index (χ1v) is 7.28. The fraction of sp³-hybridized carbons (Fsp3) is 0.105. The molecule has 0 radical (unpaired) electrons. The largest absolute Gasteiger partial charge is 0.492 e. The molecule has 2 aromatic carbocycles. The van der Waals surface area contributed by atoms with Crippen LogP contribution in [-0.4, -0.2) is 7.11 Å². The van der Waals surface area contributed by atoms with Gasteiger partial charge in [-0.15, -0.1) is 0 Å². The highest BCUT2D eigenvalue weighted by atomic mass is 16.5. The van der Waals surface area contributed by atoms with E-state index in [-0.39, 0.29) is 0 Å². The molecular formula is C19H14O4. The van der Waals surface area contributed by atoms with Gasteiger partial charge in [-0.2, -0.15) is 0 Å². The number of rotatable bonds is 2. The first-order valence-electron chi connectivity index (χ1n) is 7.28. The molecule has 4 nitrogen and oxygen atoms in total. The maximum atomic E-state index is 11.9. The summed E-state index contributed by atoms with van der Waals surface area (Å²) >= 11 is 0. The predicted molar refractivity (Wildman–Crippen MR) is 89.0 cm³/mol. The van der Waals surface area contributed by atoms with Crippen LogP contribution in [0.3, 0.4) is 0 Å². The fourth-order valence-electron chi connectivity index (χ4n) is 2.87. The Labute approximate surface area is 131 Å². The van der Waals surface area contributed by atoms with Gasteiger partial charge in [-0.05, 0) is 31.2 Å². The van der Waals surface area contributed by atoms with Crippen LogP contribution in [0, 0.1) is 6.92 Å². The third-order valence-corrected chi connectivity index (χ3v) is 3.90. The third-order valence-electron chi connectivity index (χ3n) is 3.90. The van der Waals surface area contributed by atoms with Crippen molar-refractivity contribution < 1.29 is 13.6 Å². The lowest BCUT2D eigenvalue weighted by Crippen LogP contribution is -1.98. The minimum Gasteiger partial charge on any atom is -0.492 e. The maximum absolute atomic E-state index is 11.9. The Morgan fingerprint density at radius 1 is 0.913 bits per heavy atom. The highest BCUT2D eigenvalue weighted by molar-refractivity contribution is 5.99. The zero-order valence-corrected chi connectivity index (χ0v) is 12.8. The highest BCUT2D eigenvalue weighted by Crippen LogP contribution is 2.41. The van der Waals surface area contributed by atoms with Gasteiger partial charge in [0, 0.05) is 17.0 Å². The average molecular weight is 306 g/mol. The summed E-state index contributed by atoms with van der Waals surface area (Å²) < 4.78 is 16.8. The summed E-state index contributed by atoms with van der Waals surface area (Å²) in [6, 6.07) is 14.8. The quantitative estimate of drug-likeness (QED) is 0.511. The molecule has 0 atom stereocenters. The van der Waals surface area contributed by atoms with Crippen LogP contribution in [0.5, 0.6) is 5.75 Å². The molecule has 0 amide bonds. The standard InChI is InChI=1S/C19H14O4/c1-11-7-8-16-13(9-11)14(10-17(20)22-16)19-18(21-2)12-5-3-4-6-15(12)23-19/h3-10H,1-2H3. The van der Waals surface area contributed by atoms with Gasteiger partial charge in [0.25, 0.3) is 0 Å². The lowest BCUT2D eigenvalue weighted by molar-refractivity contribution is 0.414. The molecule has 0 spiro atoms. The van der Waals surface area contributed by atoms with Crippen LogP contribution in [0.2, 0.25) is 0 Å². The molecule has 0 unspecified atom stereocenters. The summed E-state index contributed by atoms with van der Waals surface area (Å²) in [7, 11) is 1.60. The van der Waals surface area contributed by atoms with Crippen LogP contribution in [0.4, 0.5) is 0 Å². The molecule has 0 bridgehead atoms. The third kappa shape index (κ3) is 2.11. The Hall–Kier alpha value is -3.01. The normalized spacial score (nSPS) is 11.2. The van der Waals surface area contributed by atoms with Crippen molar-refractivity contribution in [2.75, 3.05) is 7.11 Å². The maximum Gasteiger partial charge on any atom is 0.336 e. The van der Waals surface area contributed by atoms with Gasteiger partial charge >= 0.3 is 5.63 Å². The summed E-state index contributed by atoms with van der Waals surface area (Å²) in [4.78, 5) is 11.9. The first kappa shape index (κ1) is 13.6. The van der Waals surface area contributed by atoms with Gasteiger partial charge in [-0.25, -0.2) is 4.79 Å². The van der Waals surface area contributed by atoms with E-state index < -0.39 is 5.63 Å². The van der Waals surface area contributed by atoms with E-state index in [2.05, 4.69) is 0 Å². The van der Waals surface area contributed by atoms with Crippen LogP contribution in [0.1, 0.15) is 5.56 Å². The van der Waals surface area contributed by atoms with Crippen LogP contribution in [-0.2, 0) is 0 Å². The van der Waals surface area contributed by atoms with Gasteiger partial charge in [0.05, 0.1) is 12.5 Å². The SMILES string of the molecule is COc1c(-c2cc(=O)oc3ccc(C)cc23)oc2ccccc12. The number of para-hydroxylation sites is 1. The predicted octanol–water partition coefficient (Wildman–Crippen LogP) is 4.52. The van der Waals surface area contributed by atoms with Crippen LogP contribution < -0.4 is 10.4 Å². The molecule has 0 fully saturated rings. The van der Waals surface area contributed by atoms with Crippen molar-refractivity contribution in [3.63, 3.8) is 0 Å². The van der Waals surface area contributed by atoms with Crippen molar-refractivity contribution in [3.8, 4) is 17.1 Å². The zero-order chi connectivity index (χ0) is 16.0. The topological polar surface area (TPSA) is 52.6 Å². The summed E-state index contributed by atoms with van der Waals surface area (Å²) in [5.74, 6) is 1.16. The van der Waals surface area contributed by atoms with Gasteiger partial charge < -0.3 is 13.6 Å². The number of fused-ring (bicyclic) bond motifs is 2. The van der Waals surface area contributed by atoms with Gasteiger partial charge in [0.15, 0.2) is 11.5 Å². The van der Waals surface area contributed by atoms with E-state index in [9.17, 15) is 4.79 Å². The second-order valence-electron chi connectivity index (χ2n) is 5.44. The van der Waals surface area contributed by atoms with Crippen molar-refractivity contribution in [1.29, 1.82) is 0 Å². The number of aryl methyl sites for hydroxylation is 1. The van der Waals surface area contributed by atoms with Crippen molar-refractivity contribution >= 4 is 21.9 Å². The molecule has 0 aliphatic carbocycles. The summed E-state index contributed by atoms with van der Waals surface area (Å²) in [6.45, 7) is 1.99. The van der Waals surface area contributed by atoms with Gasteiger partial charge in [-0.3, -0.25) is 0 Å². The Kier molecular flexibility index (Phi) is 2.98. The smallest absolute Gasteiger partial charge is 0.336 e. The van der Waals surface area contributed by atoms with E-state index >= 15 is 0 Å². The van der Waals surface area contributed by atoms with E-state index in [1.54, 1.807) is 13.2 Å². The highest BCUT2D eigenvalue weighted by Gasteiger charge is 2.19. The molecule has 2 aromatic heterocycles. The molecule has 4 rings (SSSR count). The minimum atomic E-state index is -0.418. The van der Waals surface area contributed by atoms with Gasteiger partial charge in [0.2, 0.25) is 0 Å². The van der Waals surface area contributed by atoms with E-state index in [1.807, 2.05) is 43.3 Å². The Morgan fingerprint density at radius 3 is 2.52 bits per heavy atom. The Morgan fingerprint density at radius 2 is 1.70 bits per heavy atom. The van der Waals surface area contributed by atoms with Crippen molar-refractivity contribution in [2.45, 2.75) is 6.92 Å². The second-order valence-corrected chi connectivity index (χ2v) is 5.44. The fourth-order valence-corrected chi connectivity index (χ4v) is 2.87. The molecule has 23 heavy (non-hydrogen) atoms. The van der Waals surface area contributed by atoms with Gasteiger partial charge in [0.1, 0.15) is 11.2 Å². The molecule has 0 aliphatic heterocycles. The number of methoxy groups -OCH3 is 1. The van der Waals surface area contributed by atoms with Crippen molar-refractivity contribution in [1.82, 2.24) is 0 Å². The van der Waals surface area contributed by atoms with Crippen molar-refractivity contribution in [3.05, 3.63) is 64.5 Å². The molecule has 114 valence electrons. The van der Waals surface area contributed by atoms with E-state index in [1.165, 1.54) is 6.07 Å². The summed E-state index contributed by atoms with van der Waals surface area (Å²) in [6.07, 6.45) is 0. The van der Waals surface area contributed by atoms with Crippen LogP contribution in [0.25, 0.3) is 33.3 Å². The average Bonchev–Trinajstić information content (AvgIpc) is 2.93. The first-order chi connectivity index (χ1) is 11.2. The number of hydrogen-bond acceptors (Lipinski definition) is 4. The number of furan rings is 1. The van der Waals surface area contributed by atoms with Crippen LogP contribution in [0.15, 0.2) is 62.2 Å². The van der Waals surface area contributed by atoms with E-state index in [0.29, 0.717) is 28.2 Å². The molecule has 0 N–H and O–H groups in total. The Balaban J connectivity index is 2.14. The van der Waals surface area contributed by atoms with Crippen molar-refractivity contribution in [2.24, 2.45) is 0 Å². The molecule has 4 heteroatoms. The Bertz CT molecular complexity index is 1090. The summed E-state index contributed by atoms with van der Waals surface area (Å²) in [5.41, 5.74) is 2.57. The zero-order valence-electron chi connectivity index (χ0n) is 12.8. The molecule has 2 heterocycles. The van der Waals surface area contributed by atoms with Crippen LogP contribution >= 0.6 is 0 Å². The van der Waals surface area contributed by atoms with E-state index in [4.69, 9.17) is 13.6 Å². The summed E-state index contributed by atoms with van der Waals surface area (Å²) in [5, 5.41) is 1.70. The molecular weight excluding hydrogens is 292 g/mol. The molecule has 0 saturated carbocycles. The molecule has 4 aromatic rings.